The fourth-order valence-corrected chi connectivity index (χ4v) is 10.0. The van der Waals surface area contributed by atoms with Crippen LogP contribution in [0.15, 0.2) is 24.3 Å². The Morgan fingerprint density at radius 3 is 2.32 bits per heavy atom. The third kappa shape index (κ3) is 9.77. The van der Waals surface area contributed by atoms with Gasteiger partial charge in [0.15, 0.2) is 11.9 Å². The van der Waals surface area contributed by atoms with E-state index in [0.29, 0.717) is 31.5 Å². The zero-order chi connectivity index (χ0) is 44.4. The molecule has 0 aliphatic carbocycles. The van der Waals surface area contributed by atoms with Crippen LogP contribution in [0.1, 0.15) is 106 Å². The van der Waals surface area contributed by atoms with Gasteiger partial charge in [-0.15, -0.1) is 0 Å². The van der Waals surface area contributed by atoms with Gasteiger partial charge in [0.1, 0.15) is 24.1 Å². The first kappa shape index (κ1) is 47.2. The minimum absolute atomic E-state index is 0.120. The molecule has 16 nitrogen and oxygen atoms in total. The van der Waals surface area contributed by atoms with Crippen molar-refractivity contribution in [3.8, 4) is 0 Å². The van der Waals surface area contributed by atoms with Crippen LogP contribution in [0.2, 0.25) is 0 Å². The molecule has 16 heteroatoms. The Morgan fingerprint density at radius 1 is 1.05 bits per heavy atom. The fraction of sp³-hybridized carbons (Fsp3) is 0.750. The van der Waals surface area contributed by atoms with E-state index >= 15 is 0 Å². The molecule has 336 valence electrons. The number of methoxy groups -OCH3 is 1. The van der Waals surface area contributed by atoms with Crippen molar-refractivity contribution in [2.75, 3.05) is 33.1 Å². The van der Waals surface area contributed by atoms with E-state index in [0.717, 1.165) is 5.56 Å². The van der Waals surface area contributed by atoms with Crippen molar-refractivity contribution in [3.05, 3.63) is 29.8 Å². The SMILES string of the molecule is CC[C@H]1OC(=O)[C@H](C)[C@@H](OC(=O)N2CCC[C@@H]2c2ccc(NC(C)=O)cc2)[C@H](C)[C@@H](O[C@@H]2O[C@H](C)C[C@H](N(C)C)[C@H]2O)[C@](C)(OC)C[C@@H](C)C(=O)[C@H](C)[C@H]2NC(=O)O[C@@]21C. The highest BCUT2D eigenvalue weighted by Crippen LogP contribution is 2.42. The summed E-state index contributed by atoms with van der Waals surface area (Å²) in [7, 11) is 5.26. The predicted molar refractivity (Wildman–Crippen MR) is 221 cm³/mol. The molecule has 5 rings (SSSR count). The number of hydrogen-bond donors (Lipinski definition) is 3. The maximum absolute atomic E-state index is 14.6. The zero-order valence-corrected chi connectivity index (χ0v) is 37.4. The Morgan fingerprint density at radius 2 is 1.72 bits per heavy atom. The van der Waals surface area contributed by atoms with Gasteiger partial charge in [-0.1, -0.05) is 39.8 Å². The Balaban J connectivity index is 1.59. The summed E-state index contributed by atoms with van der Waals surface area (Å²) in [5.41, 5.74) is -1.21. The summed E-state index contributed by atoms with van der Waals surface area (Å²) in [5.74, 6) is -4.42. The first-order chi connectivity index (χ1) is 28.1. The Hall–Kier alpha value is -3.83. The number of ketones is 1. The highest BCUT2D eigenvalue weighted by Gasteiger charge is 2.58. The van der Waals surface area contributed by atoms with E-state index < -0.39 is 89.8 Å². The van der Waals surface area contributed by atoms with Gasteiger partial charge in [-0.25, -0.2) is 9.59 Å². The second-order valence-corrected chi connectivity index (χ2v) is 18.1. The van der Waals surface area contributed by atoms with Crippen molar-refractivity contribution in [1.82, 2.24) is 15.1 Å². The van der Waals surface area contributed by atoms with Crippen molar-refractivity contribution in [1.29, 1.82) is 0 Å². The van der Waals surface area contributed by atoms with Gasteiger partial charge >= 0.3 is 18.2 Å². The second kappa shape index (κ2) is 19.1. The number of fused-ring (bicyclic) bond motifs is 1. The molecule has 0 saturated carbocycles. The van der Waals surface area contributed by atoms with E-state index in [-0.39, 0.29) is 42.7 Å². The lowest BCUT2D eigenvalue weighted by molar-refractivity contribution is -0.301. The van der Waals surface area contributed by atoms with Crippen molar-refractivity contribution in [2.45, 2.75) is 161 Å². The van der Waals surface area contributed by atoms with Gasteiger partial charge < -0.3 is 54.0 Å². The first-order valence-electron chi connectivity index (χ1n) is 21.4. The van der Waals surface area contributed by atoms with Crippen LogP contribution in [0.4, 0.5) is 15.3 Å². The molecule has 1 aromatic carbocycles. The number of hydrogen-bond acceptors (Lipinski definition) is 13. The van der Waals surface area contributed by atoms with Gasteiger partial charge in [0.25, 0.3) is 0 Å². The summed E-state index contributed by atoms with van der Waals surface area (Å²) >= 11 is 0. The van der Waals surface area contributed by atoms with Crippen LogP contribution < -0.4 is 10.6 Å². The maximum atomic E-state index is 14.6. The number of aliphatic hydroxyl groups is 1. The Labute approximate surface area is 354 Å². The molecule has 0 unspecified atom stereocenters. The van der Waals surface area contributed by atoms with Crippen LogP contribution in [0.25, 0.3) is 0 Å². The molecule has 0 aromatic heterocycles. The summed E-state index contributed by atoms with van der Waals surface area (Å²) in [6.07, 6.45) is -4.81. The molecule has 4 aliphatic heterocycles. The number of nitrogens with zero attached hydrogens (tertiary/aromatic N) is 2. The number of alkyl carbamates (subject to hydrolysis) is 1. The number of anilines is 1. The standard InChI is InChI=1S/C44H68N4O12/c1-13-33-44(9)37(46-41(53)60-44)25(4)34(50)23(2)22-43(8,55-12)38(59-40-35(51)32(47(10)11)21-24(3)56-40)26(5)36(27(6)39(52)57-33)58-42(54)48-20-14-15-31(48)29-16-18-30(19-17-29)45-28(7)49/h16-19,23-27,31-33,35-38,40,51H,13-15,20-22H2,1-12H3,(H,45,49)(H,46,53)/t23-,24-,25+,26+,27-,31-,32+,33-,35-,36+,37-,38-,40+,43-,44-/m1/s1. The number of esters is 1. The number of benzene rings is 1. The molecule has 4 fully saturated rings. The summed E-state index contributed by atoms with van der Waals surface area (Å²) < 4.78 is 38.1. The Bertz CT molecular complexity index is 1710. The molecule has 3 N–H and O–H groups in total. The van der Waals surface area contributed by atoms with Crippen LogP contribution in [-0.4, -0.2) is 133 Å². The molecule has 0 spiro atoms. The van der Waals surface area contributed by atoms with E-state index in [9.17, 15) is 29.1 Å². The topological polar surface area (TPSA) is 191 Å². The first-order valence-corrected chi connectivity index (χ1v) is 21.4. The third-order valence-electron chi connectivity index (χ3n) is 13.4. The molecule has 3 amide bonds. The number of carbonyl (C=O) groups is 5. The van der Waals surface area contributed by atoms with E-state index in [2.05, 4.69) is 10.6 Å². The minimum atomic E-state index is -1.40. The molecule has 4 heterocycles. The number of likely N-dealkylation sites (tertiary alicyclic amines) is 1. The maximum Gasteiger partial charge on any atom is 0.410 e. The van der Waals surface area contributed by atoms with Crippen LogP contribution in [0.3, 0.4) is 0 Å². The smallest absolute Gasteiger partial charge is 0.410 e. The number of cyclic esters (lactones) is 1. The van der Waals surface area contributed by atoms with Crippen molar-refractivity contribution in [2.24, 2.45) is 23.7 Å². The fourth-order valence-electron chi connectivity index (χ4n) is 10.0. The highest BCUT2D eigenvalue weighted by molar-refractivity contribution is 5.88. The number of carbonyl (C=O) groups excluding carboxylic acids is 5. The van der Waals surface area contributed by atoms with Gasteiger partial charge in [0, 0.05) is 50.1 Å². The number of rotatable bonds is 8. The molecule has 60 heavy (non-hydrogen) atoms. The summed E-state index contributed by atoms with van der Waals surface area (Å²) in [4.78, 5) is 71.6. The lowest BCUT2D eigenvalue weighted by atomic mass is 9.73. The number of likely N-dealkylation sites (N-methyl/N-ethyl adjacent to an activating group) is 1. The Kier molecular flexibility index (Phi) is 15.0. The predicted octanol–water partition coefficient (Wildman–Crippen LogP) is 5.21. The van der Waals surface area contributed by atoms with Gasteiger partial charge in [0.2, 0.25) is 5.91 Å². The zero-order valence-electron chi connectivity index (χ0n) is 37.4. The molecular weight excluding hydrogens is 776 g/mol. The van der Waals surface area contributed by atoms with Crippen LogP contribution >= 0.6 is 0 Å². The summed E-state index contributed by atoms with van der Waals surface area (Å²) in [6.45, 7) is 16.0. The van der Waals surface area contributed by atoms with Crippen LogP contribution in [0.5, 0.6) is 0 Å². The van der Waals surface area contributed by atoms with E-state index in [1.165, 1.54) is 14.0 Å². The molecule has 4 aliphatic rings. The molecule has 0 radical (unpaired) electrons. The van der Waals surface area contributed by atoms with Gasteiger partial charge in [-0.2, -0.15) is 0 Å². The van der Waals surface area contributed by atoms with Crippen molar-refractivity contribution < 1.29 is 57.5 Å². The average molecular weight is 845 g/mol. The average Bonchev–Trinajstić information content (AvgIpc) is 3.81. The van der Waals surface area contributed by atoms with Gasteiger partial charge in [-0.3, -0.25) is 14.4 Å². The third-order valence-corrected chi connectivity index (χ3v) is 13.4. The lowest BCUT2D eigenvalue weighted by Gasteiger charge is -2.48. The summed E-state index contributed by atoms with van der Waals surface area (Å²) in [6, 6.07) is 5.81. The van der Waals surface area contributed by atoms with Crippen LogP contribution in [-0.2, 0) is 42.8 Å². The second-order valence-electron chi connectivity index (χ2n) is 18.1. The van der Waals surface area contributed by atoms with Crippen LogP contribution in [0, 0.1) is 23.7 Å². The number of amides is 3. The lowest BCUT2D eigenvalue weighted by Crippen LogP contribution is -2.61. The van der Waals surface area contributed by atoms with E-state index in [1.807, 2.05) is 38.1 Å². The number of nitrogens with one attached hydrogen (secondary N) is 2. The molecule has 0 bridgehead atoms. The molecule has 1 aromatic rings. The number of Topliss-reactive ketones (excluding diaryl/α,β-unsaturated/α-hetero) is 1. The molecular formula is C44H68N4O12. The highest BCUT2D eigenvalue weighted by atomic mass is 16.7. The molecule has 4 saturated heterocycles. The quantitative estimate of drug-likeness (QED) is 0.229. The van der Waals surface area contributed by atoms with Crippen molar-refractivity contribution >= 4 is 35.5 Å². The normalized spacial score (nSPS) is 39.3. The number of ether oxygens (including phenoxy) is 6. The van der Waals surface area contributed by atoms with E-state index in [1.54, 1.807) is 65.5 Å². The number of aliphatic hydroxyl groups excluding tert-OH is 1. The molecule has 15 atom stereocenters. The summed E-state index contributed by atoms with van der Waals surface area (Å²) in [5, 5.41) is 17.3. The van der Waals surface area contributed by atoms with Gasteiger partial charge in [0.05, 0.1) is 35.8 Å². The van der Waals surface area contributed by atoms with Gasteiger partial charge in [-0.05, 0) is 91.6 Å². The largest absolute Gasteiger partial charge is 0.458 e. The minimum Gasteiger partial charge on any atom is -0.458 e. The monoisotopic (exact) mass is 844 g/mol. The van der Waals surface area contributed by atoms with Crippen molar-refractivity contribution in [3.63, 3.8) is 0 Å². The van der Waals surface area contributed by atoms with E-state index in [4.69, 9.17) is 28.4 Å².